The van der Waals surface area contributed by atoms with E-state index in [0.29, 0.717) is 16.4 Å². The van der Waals surface area contributed by atoms with Crippen molar-refractivity contribution in [1.82, 2.24) is 9.38 Å². The number of carbonyl (C=O) groups excluding carboxylic acids is 1. The molecule has 0 aliphatic carbocycles. The van der Waals surface area contributed by atoms with Gasteiger partial charge in [0.25, 0.3) is 11.9 Å². The van der Waals surface area contributed by atoms with Gasteiger partial charge in [-0.25, -0.2) is 14.4 Å². The minimum absolute atomic E-state index is 0.114. The summed E-state index contributed by atoms with van der Waals surface area (Å²) in [7, 11) is 0. The second kappa shape index (κ2) is 7.97. The van der Waals surface area contributed by atoms with Gasteiger partial charge in [-0.1, -0.05) is 11.6 Å². The Morgan fingerprint density at radius 1 is 1.31 bits per heavy atom. The first-order valence-electron chi connectivity index (χ1n) is 9.34. The normalized spacial score (nSPS) is 18.9. The second-order valence-corrected chi connectivity index (χ2v) is 7.62. The molecule has 0 saturated heterocycles. The summed E-state index contributed by atoms with van der Waals surface area (Å²) in [4.78, 5) is 20.8. The third kappa shape index (κ3) is 4.20. The maximum Gasteiger partial charge on any atom is 0.425 e. The molecule has 0 fully saturated rings. The fourth-order valence-corrected chi connectivity index (χ4v) is 3.61. The predicted molar refractivity (Wildman–Crippen MR) is 109 cm³/mol. The van der Waals surface area contributed by atoms with Gasteiger partial charge in [0.2, 0.25) is 0 Å². The molecule has 1 aliphatic rings. The number of benzene rings is 1. The number of fused-ring (bicyclic) bond motifs is 1. The van der Waals surface area contributed by atoms with Crippen LogP contribution in [0.4, 0.5) is 23.2 Å². The van der Waals surface area contributed by atoms with Crippen molar-refractivity contribution >= 4 is 34.9 Å². The van der Waals surface area contributed by atoms with Crippen LogP contribution in [0.25, 0.3) is 5.65 Å². The Balaban J connectivity index is 1.61. The van der Waals surface area contributed by atoms with E-state index in [0.717, 1.165) is 6.07 Å². The molecule has 7 nitrogen and oxygen atoms in total. The van der Waals surface area contributed by atoms with Gasteiger partial charge in [-0.3, -0.25) is 4.79 Å². The maximum atomic E-state index is 14.4. The van der Waals surface area contributed by atoms with E-state index in [1.807, 2.05) is 0 Å². The number of nitrogens with one attached hydrogen (secondary N) is 1. The minimum atomic E-state index is -4.69. The monoisotopic (exact) mass is 469 g/mol. The Kier molecular flexibility index (Phi) is 5.45. The summed E-state index contributed by atoms with van der Waals surface area (Å²) in [6.07, 6.45) is -5.94. The lowest BCUT2D eigenvalue weighted by molar-refractivity contribution is -0.204. The second-order valence-electron chi connectivity index (χ2n) is 7.18. The lowest BCUT2D eigenvalue weighted by Gasteiger charge is -2.29. The molecule has 4 rings (SSSR count). The lowest BCUT2D eigenvalue weighted by Crippen LogP contribution is -2.40. The van der Waals surface area contributed by atoms with Crippen molar-refractivity contribution < 1.29 is 27.1 Å². The topological polar surface area (TPSA) is 94.0 Å². The largest absolute Gasteiger partial charge is 0.452 e. The smallest absolute Gasteiger partial charge is 0.425 e. The molecule has 0 unspecified atom stereocenters. The molecule has 0 radical (unpaired) electrons. The molecule has 3 aromatic rings. The first-order chi connectivity index (χ1) is 15.0. The number of aromatic nitrogens is 2. The Morgan fingerprint density at radius 2 is 2.06 bits per heavy atom. The number of ether oxygens (including phenoxy) is 1. The number of alkyl halides is 3. The number of hydrogen-bond acceptors (Lipinski definition) is 5. The van der Waals surface area contributed by atoms with Gasteiger partial charge < -0.3 is 20.2 Å². The highest BCUT2D eigenvalue weighted by Gasteiger charge is 2.46. The van der Waals surface area contributed by atoms with Gasteiger partial charge in [-0.2, -0.15) is 13.2 Å². The van der Waals surface area contributed by atoms with Gasteiger partial charge in [0.15, 0.2) is 6.10 Å². The van der Waals surface area contributed by atoms with Crippen LogP contribution in [0.15, 0.2) is 41.5 Å². The molecule has 3 N–H and O–H groups in total. The quantitative estimate of drug-likeness (QED) is 0.556. The molecule has 168 valence electrons. The standard InChI is InChI=1S/C20H16ClF4N5O2/c1-9-17(29-16-5-2-10(21)8-30(9)16)18(31)27-11-3-4-13(22)12(6-11)14-7-15(20(23,24)25)32-19(26)28-14/h2-6,8,14-15H,7H2,1H3,(H2,26,28)(H,27,31)/t14-,15-/m0/s1. The number of halogens is 5. The molecule has 3 heterocycles. The molecule has 2 atom stereocenters. The Morgan fingerprint density at radius 3 is 2.78 bits per heavy atom. The third-order valence-electron chi connectivity index (χ3n) is 5.00. The van der Waals surface area contributed by atoms with Gasteiger partial charge in [-0.15, -0.1) is 0 Å². The van der Waals surface area contributed by atoms with Crippen LogP contribution in [-0.4, -0.2) is 33.6 Å². The van der Waals surface area contributed by atoms with Crippen LogP contribution in [0.3, 0.4) is 0 Å². The van der Waals surface area contributed by atoms with E-state index in [9.17, 15) is 22.4 Å². The van der Waals surface area contributed by atoms with E-state index < -0.39 is 42.5 Å². The summed E-state index contributed by atoms with van der Waals surface area (Å²) in [6, 6.07) is 4.90. The zero-order valence-corrected chi connectivity index (χ0v) is 17.2. The molecular weight excluding hydrogens is 454 g/mol. The molecule has 32 heavy (non-hydrogen) atoms. The van der Waals surface area contributed by atoms with Crippen LogP contribution in [0.2, 0.25) is 5.02 Å². The number of amides is 1. The summed E-state index contributed by atoms with van der Waals surface area (Å²) >= 11 is 5.98. The summed E-state index contributed by atoms with van der Waals surface area (Å²) in [5.41, 5.74) is 6.52. The Bertz CT molecular complexity index is 1240. The molecule has 1 aromatic carbocycles. The van der Waals surface area contributed by atoms with Crippen molar-refractivity contribution in [3.8, 4) is 0 Å². The van der Waals surface area contributed by atoms with E-state index in [2.05, 4.69) is 20.0 Å². The first kappa shape index (κ1) is 21.9. The van der Waals surface area contributed by atoms with Crippen molar-refractivity contribution in [1.29, 1.82) is 0 Å². The lowest BCUT2D eigenvalue weighted by atomic mass is 9.98. The SMILES string of the molecule is Cc1c(C(=O)Nc2ccc(F)c([C@@H]3C[C@@H](C(F)(F)F)OC(N)=N3)c2)nc2ccc(Cl)cn12. The van der Waals surface area contributed by atoms with Gasteiger partial charge in [0, 0.05) is 23.9 Å². The number of imidazole rings is 1. The van der Waals surface area contributed by atoms with E-state index in [-0.39, 0.29) is 16.9 Å². The number of nitrogens with two attached hydrogens (primary N) is 1. The number of amidine groups is 1. The van der Waals surface area contributed by atoms with Gasteiger partial charge in [0.05, 0.1) is 16.8 Å². The van der Waals surface area contributed by atoms with Crippen molar-refractivity contribution in [2.45, 2.75) is 31.7 Å². The average Bonchev–Trinajstić information content (AvgIpc) is 3.04. The Hall–Kier alpha value is -3.34. The average molecular weight is 470 g/mol. The number of aryl methyl sites for hydroxylation is 1. The molecule has 0 spiro atoms. The molecule has 1 amide bonds. The van der Waals surface area contributed by atoms with Crippen molar-refractivity contribution in [3.05, 3.63) is 64.3 Å². The fourth-order valence-electron chi connectivity index (χ4n) is 3.45. The third-order valence-corrected chi connectivity index (χ3v) is 5.22. The van der Waals surface area contributed by atoms with Crippen molar-refractivity contribution in [2.75, 3.05) is 5.32 Å². The zero-order chi connectivity index (χ0) is 23.2. The van der Waals surface area contributed by atoms with Crippen LogP contribution in [-0.2, 0) is 4.74 Å². The highest BCUT2D eigenvalue weighted by Crippen LogP contribution is 2.37. The molecule has 2 aromatic heterocycles. The number of hydrogen-bond donors (Lipinski definition) is 2. The zero-order valence-electron chi connectivity index (χ0n) is 16.5. The number of rotatable bonds is 3. The van der Waals surface area contributed by atoms with Crippen molar-refractivity contribution in [3.63, 3.8) is 0 Å². The van der Waals surface area contributed by atoms with E-state index in [1.165, 1.54) is 12.1 Å². The van der Waals surface area contributed by atoms with Gasteiger partial charge in [0.1, 0.15) is 17.2 Å². The maximum absolute atomic E-state index is 14.4. The van der Waals surface area contributed by atoms with Crippen molar-refractivity contribution in [2.24, 2.45) is 10.7 Å². The summed E-state index contributed by atoms with van der Waals surface area (Å²) in [5.74, 6) is -1.37. The molecule has 0 saturated carbocycles. The molecular formula is C20H16ClF4N5O2. The predicted octanol–water partition coefficient (Wildman–Crippen LogP) is 4.39. The van der Waals surface area contributed by atoms with Crippen LogP contribution in [0, 0.1) is 12.7 Å². The van der Waals surface area contributed by atoms with Crippen LogP contribution >= 0.6 is 11.6 Å². The van der Waals surface area contributed by atoms with Crippen LogP contribution in [0.5, 0.6) is 0 Å². The highest BCUT2D eigenvalue weighted by atomic mass is 35.5. The van der Waals surface area contributed by atoms with Gasteiger partial charge >= 0.3 is 6.18 Å². The van der Waals surface area contributed by atoms with Crippen LogP contribution < -0.4 is 11.1 Å². The summed E-state index contributed by atoms with van der Waals surface area (Å²) in [6.45, 7) is 1.68. The molecule has 12 heteroatoms. The van der Waals surface area contributed by atoms with Gasteiger partial charge in [-0.05, 0) is 37.3 Å². The number of aliphatic imine (C=N–C) groups is 1. The molecule has 0 bridgehead atoms. The van der Waals surface area contributed by atoms with Crippen LogP contribution in [0.1, 0.15) is 34.2 Å². The van der Waals surface area contributed by atoms with E-state index >= 15 is 0 Å². The number of carbonyl (C=O) groups is 1. The minimum Gasteiger partial charge on any atom is -0.452 e. The number of pyridine rings is 1. The first-order valence-corrected chi connectivity index (χ1v) is 9.72. The van der Waals surface area contributed by atoms with E-state index in [1.54, 1.807) is 29.7 Å². The fraction of sp³-hybridized carbons (Fsp3) is 0.250. The van der Waals surface area contributed by atoms with E-state index in [4.69, 9.17) is 17.3 Å². The molecule has 1 aliphatic heterocycles. The summed E-state index contributed by atoms with van der Waals surface area (Å²) in [5, 5.41) is 3.05. The summed E-state index contributed by atoms with van der Waals surface area (Å²) < 4.78 is 59.9. The highest BCUT2D eigenvalue weighted by molar-refractivity contribution is 6.30. The number of anilines is 1. The number of nitrogens with zero attached hydrogens (tertiary/aromatic N) is 3. The Labute approximate surface area is 183 Å².